The van der Waals surface area contributed by atoms with Gasteiger partial charge in [-0.1, -0.05) is 193 Å². The summed E-state index contributed by atoms with van der Waals surface area (Å²) in [7, 11) is 0. The molecule has 0 radical (unpaired) electrons. The van der Waals surface area contributed by atoms with Crippen LogP contribution in [0.15, 0.2) is 12.2 Å². The molecule has 0 rings (SSSR count). The molecule has 0 aromatic heterocycles. The Morgan fingerprint density at radius 1 is 0.476 bits per heavy atom. The Labute approximate surface area is 266 Å². The summed E-state index contributed by atoms with van der Waals surface area (Å²) in [4.78, 5) is 12.0. The number of rotatable bonds is 35. The highest BCUT2D eigenvalue weighted by Crippen LogP contribution is 2.15. The summed E-state index contributed by atoms with van der Waals surface area (Å²) in [5.74, 6) is 0.893. The van der Waals surface area contributed by atoms with Gasteiger partial charge in [0.25, 0.3) is 0 Å². The van der Waals surface area contributed by atoms with E-state index in [4.69, 9.17) is 4.74 Å². The molecule has 0 heterocycles. The maximum absolute atomic E-state index is 12.0. The van der Waals surface area contributed by atoms with E-state index in [1.165, 1.54) is 186 Å². The van der Waals surface area contributed by atoms with Crippen molar-refractivity contribution in [2.45, 2.75) is 226 Å². The van der Waals surface area contributed by atoms with Crippen molar-refractivity contribution < 1.29 is 9.53 Å². The van der Waals surface area contributed by atoms with E-state index < -0.39 is 0 Å². The molecule has 42 heavy (non-hydrogen) atoms. The van der Waals surface area contributed by atoms with Crippen molar-refractivity contribution in [1.29, 1.82) is 0 Å². The van der Waals surface area contributed by atoms with E-state index >= 15 is 0 Å². The first-order valence-corrected chi connectivity index (χ1v) is 19.5. The van der Waals surface area contributed by atoms with E-state index in [9.17, 15) is 4.79 Å². The minimum absolute atomic E-state index is 0.0247. The van der Waals surface area contributed by atoms with Gasteiger partial charge in [0.2, 0.25) is 0 Å². The topological polar surface area (TPSA) is 26.3 Å². The lowest BCUT2D eigenvalue weighted by Gasteiger charge is -2.06. The Bertz CT molecular complexity index is 538. The molecule has 0 bridgehead atoms. The Morgan fingerprint density at radius 2 is 0.833 bits per heavy atom. The van der Waals surface area contributed by atoms with Crippen molar-refractivity contribution in [3.63, 3.8) is 0 Å². The quantitative estimate of drug-likeness (QED) is 0.0417. The second kappa shape index (κ2) is 36.4. The van der Waals surface area contributed by atoms with Crippen molar-refractivity contribution in [3.8, 4) is 0 Å². The number of carbonyl (C=O) groups is 1. The highest BCUT2D eigenvalue weighted by molar-refractivity contribution is 5.69. The molecule has 0 aromatic rings. The molecular formula is C40H78O2. The van der Waals surface area contributed by atoms with Gasteiger partial charge in [0.15, 0.2) is 0 Å². The number of hydrogen-bond donors (Lipinski definition) is 0. The molecule has 0 fully saturated rings. The first-order valence-electron chi connectivity index (χ1n) is 19.5. The molecule has 0 N–H and O–H groups in total. The third kappa shape index (κ3) is 37.2. The second-order valence-corrected chi connectivity index (χ2v) is 13.7. The van der Waals surface area contributed by atoms with Crippen LogP contribution in [-0.2, 0) is 9.53 Å². The zero-order valence-corrected chi connectivity index (χ0v) is 29.4. The molecule has 0 atom stereocenters. The van der Waals surface area contributed by atoms with Gasteiger partial charge in [-0.2, -0.15) is 0 Å². The maximum atomic E-state index is 12.0. The average molecular weight is 591 g/mol. The van der Waals surface area contributed by atoms with E-state index in [0.29, 0.717) is 13.0 Å². The summed E-state index contributed by atoms with van der Waals surface area (Å²) in [6, 6.07) is 0. The Hall–Kier alpha value is -0.790. The third-order valence-corrected chi connectivity index (χ3v) is 8.83. The summed E-state index contributed by atoms with van der Waals surface area (Å²) < 4.78 is 5.45. The summed E-state index contributed by atoms with van der Waals surface area (Å²) in [6.45, 7) is 7.57. The van der Waals surface area contributed by atoms with Crippen molar-refractivity contribution in [3.05, 3.63) is 12.2 Å². The van der Waals surface area contributed by atoms with Crippen LogP contribution < -0.4 is 0 Å². The van der Waals surface area contributed by atoms with Gasteiger partial charge in [-0.05, 0) is 44.4 Å². The molecule has 2 heteroatoms. The summed E-state index contributed by atoms with van der Waals surface area (Å²) in [5, 5.41) is 0. The van der Waals surface area contributed by atoms with Crippen LogP contribution >= 0.6 is 0 Å². The van der Waals surface area contributed by atoms with Crippen LogP contribution in [0.1, 0.15) is 226 Å². The Kier molecular flexibility index (Phi) is 35.7. The van der Waals surface area contributed by atoms with Crippen LogP contribution in [0.4, 0.5) is 0 Å². The van der Waals surface area contributed by atoms with Crippen molar-refractivity contribution in [1.82, 2.24) is 0 Å². The lowest BCUT2D eigenvalue weighted by atomic mass is 10.0. The van der Waals surface area contributed by atoms with Gasteiger partial charge in [0, 0.05) is 6.42 Å². The third-order valence-electron chi connectivity index (χ3n) is 8.83. The second-order valence-electron chi connectivity index (χ2n) is 13.7. The molecule has 0 aliphatic carbocycles. The molecule has 0 aliphatic heterocycles. The van der Waals surface area contributed by atoms with Crippen LogP contribution in [0.2, 0.25) is 0 Å². The molecule has 2 nitrogen and oxygen atoms in total. The lowest BCUT2D eigenvalue weighted by Crippen LogP contribution is -2.05. The predicted octanol–water partition coefficient (Wildman–Crippen LogP) is 14.2. The summed E-state index contributed by atoms with van der Waals surface area (Å²) in [5.41, 5.74) is 0. The van der Waals surface area contributed by atoms with Crippen LogP contribution in [0, 0.1) is 5.92 Å². The summed E-state index contributed by atoms with van der Waals surface area (Å²) in [6.07, 6.45) is 47.1. The number of esters is 1. The smallest absolute Gasteiger partial charge is 0.305 e. The number of carbonyl (C=O) groups excluding carboxylic acids is 1. The summed E-state index contributed by atoms with van der Waals surface area (Å²) >= 11 is 0. The van der Waals surface area contributed by atoms with E-state index in [1.807, 2.05) is 0 Å². The van der Waals surface area contributed by atoms with E-state index in [-0.39, 0.29) is 5.97 Å². The predicted molar refractivity (Wildman–Crippen MR) is 188 cm³/mol. The molecule has 0 amide bonds. The van der Waals surface area contributed by atoms with Gasteiger partial charge in [-0.3, -0.25) is 4.79 Å². The van der Waals surface area contributed by atoms with Crippen molar-refractivity contribution in [2.75, 3.05) is 6.61 Å². The monoisotopic (exact) mass is 591 g/mol. The Balaban J connectivity index is 3.18. The largest absolute Gasteiger partial charge is 0.466 e. The fourth-order valence-electron chi connectivity index (χ4n) is 5.90. The minimum atomic E-state index is 0.0247. The van der Waals surface area contributed by atoms with Crippen LogP contribution in [0.5, 0.6) is 0 Å². The molecule has 0 saturated heterocycles. The van der Waals surface area contributed by atoms with E-state index in [2.05, 4.69) is 32.9 Å². The maximum Gasteiger partial charge on any atom is 0.305 e. The fraction of sp³-hybridized carbons (Fsp3) is 0.925. The molecule has 0 aromatic carbocycles. The van der Waals surface area contributed by atoms with Gasteiger partial charge >= 0.3 is 5.97 Å². The Morgan fingerprint density at radius 3 is 1.26 bits per heavy atom. The normalized spacial score (nSPS) is 11.7. The van der Waals surface area contributed by atoms with Crippen LogP contribution in [-0.4, -0.2) is 12.6 Å². The molecule has 250 valence electrons. The highest BCUT2D eigenvalue weighted by atomic mass is 16.5. The van der Waals surface area contributed by atoms with Crippen molar-refractivity contribution >= 4 is 5.97 Å². The standard InChI is InChI=1S/C40H78O2/c1-4-5-6-7-8-9-10-11-12-13-14-15-16-17-20-23-26-29-32-35-38-42-40(41)37-34-31-28-25-22-19-18-21-24-27-30-33-36-39(2)3/h11-12,39H,4-10,13-38H2,1-3H3/b12-11-. The van der Waals surface area contributed by atoms with Gasteiger partial charge in [-0.15, -0.1) is 0 Å². The zero-order chi connectivity index (χ0) is 30.6. The molecule has 0 saturated carbocycles. The van der Waals surface area contributed by atoms with Gasteiger partial charge < -0.3 is 4.74 Å². The first kappa shape index (κ1) is 41.2. The van der Waals surface area contributed by atoms with Gasteiger partial charge in [0.05, 0.1) is 6.61 Å². The van der Waals surface area contributed by atoms with E-state index in [1.54, 1.807) is 0 Å². The fourth-order valence-corrected chi connectivity index (χ4v) is 5.90. The van der Waals surface area contributed by atoms with E-state index in [0.717, 1.165) is 18.8 Å². The number of allylic oxidation sites excluding steroid dienone is 2. The van der Waals surface area contributed by atoms with Gasteiger partial charge in [0.1, 0.15) is 0 Å². The first-order chi connectivity index (χ1) is 20.7. The number of unbranched alkanes of at least 4 members (excludes halogenated alkanes) is 27. The van der Waals surface area contributed by atoms with Gasteiger partial charge in [-0.25, -0.2) is 0 Å². The minimum Gasteiger partial charge on any atom is -0.466 e. The lowest BCUT2D eigenvalue weighted by molar-refractivity contribution is -0.143. The number of hydrogen-bond acceptors (Lipinski definition) is 2. The molecule has 0 spiro atoms. The molecular weight excluding hydrogens is 512 g/mol. The van der Waals surface area contributed by atoms with Crippen LogP contribution in [0.25, 0.3) is 0 Å². The highest BCUT2D eigenvalue weighted by Gasteiger charge is 2.03. The zero-order valence-electron chi connectivity index (χ0n) is 29.4. The average Bonchev–Trinajstić information content (AvgIpc) is 2.98. The molecule has 0 aliphatic rings. The van der Waals surface area contributed by atoms with Crippen LogP contribution in [0.3, 0.4) is 0 Å². The SMILES string of the molecule is CCCCCCCC/C=C\CCCCCCCCCCCCOC(=O)CCCCCCCCCCCCCCC(C)C. The number of ether oxygens (including phenoxy) is 1. The molecule has 0 unspecified atom stereocenters. The van der Waals surface area contributed by atoms with Crippen molar-refractivity contribution in [2.24, 2.45) is 5.92 Å².